The molecule has 0 saturated heterocycles. The summed E-state index contributed by atoms with van der Waals surface area (Å²) in [4.78, 5) is 0. The van der Waals surface area contributed by atoms with Gasteiger partial charge in [-0.05, 0) is 24.8 Å². The monoisotopic (exact) mass is 109 g/mol. The Morgan fingerprint density at radius 3 is 2.12 bits per heavy atom. The normalized spacial score (nSPS) is 23.0. The first-order chi connectivity index (χ1) is 3.93. The lowest BCUT2D eigenvalue weighted by Crippen LogP contribution is -2.02. The van der Waals surface area contributed by atoms with Crippen LogP contribution in [0.5, 0.6) is 0 Å². The van der Waals surface area contributed by atoms with Crippen LogP contribution >= 0.6 is 0 Å². The molecule has 0 N–H and O–H groups in total. The fourth-order valence-electron chi connectivity index (χ4n) is 1.31. The highest BCUT2D eigenvalue weighted by atomic mass is 14.1. The second-order valence-corrected chi connectivity index (χ2v) is 2.54. The zero-order chi connectivity index (χ0) is 5.82. The van der Waals surface area contributed by atoms with Crippen LogP contribution in [0, 0.1) is 12.0 Å². The Balaban J connectivity index is 2.22. The number of hydrogen-bond donors (Lipinski definition) is 0. The smallest absolute Gasteiger partial charge is 0.0165 e. The Morgan fingerprint density at radius 2 is 1.75 bits per heavy atom. The van der Waals surface area contributed by atoms with Crippen molar-refractivity contribution in [3.05, 3.63) is 12.7 Å². The number of rotatable bonds is 1. The lowest BCUT2D eigenvalue weighted by molar-refractivity contribution is 0.411. The summed E-state index contributed by atoms with van der Waals surface area (Å²) in [5.41, 5.74) is 0. The standard InChI is InChI=1S/C8H13/c1-2-8-6-4-3-5-7-8/h8H,1,3-7H2. The molecule has 45 valence electrons. The predicted octanol–water partition coefficient (Wildman–Crippen LogP) is 2.56. The van der Waals surface area contributed by atoms with Gasteiger partial charge >= 0.3 is 0 Å². The van der Waals surface area contributed by atoms with E-state index in [9.17, 15) is 0 Å². The van der Waals surface area contributed by atoms with Crippen LogP contribution in [-0.2, 0) is 0 Å². The minimum Gasteiger partial charge on any atom is -0.0953 e. The number of hydrogen-bond acceptors (Lipinski definition) is 0. The maximum atomic E-state index is 3.66. The molecule has 0 unspecified atom stereocenters. The van der Waals surface area contributed by atoms with E-state index in [4.69, 9.17) is 0 Å². The average Bonchev–Trinajstić information content (AvgIpc) is 1.90. The van der Waals surface area contributed by atoms with E-state index in [2.05, 4.69) is 12.7 Å². The molecular formula is C8H13. The largest absolute Gasteiger partial charge is 0.0953 e. The third-order valence-electron chi connectivity index (χ3n) is 1.89. The Morgan fingerprint density at radius 1 is 1.12 bits per heavy atom. The van der Waals surface area contributed by atoms with Gasteiger partial charge < -0.3 is 0 Å². The molecule has 1 radical (unpaired) electrons. The van der Waals surface area contributed by atoms with Crippen LogP contribution in [0.3, 0.4) is 0 Å². The molecule has 0 aromatic rings. The van der Waals surface area contributed by atoms with Crippen molar-refractivity contribution in [1.29, 1.82) is 0 Å². The predicted molar refractivity (Wildman–Crippen MR) is 35.4 cm³/mol. The van der Waals surface area contributed by atoms with Gasteiger partial charge in [-0.3, -0.25) is 0 Å². The minimum absolute atomic E-state index is 0.726. The Bertz CT molecular complexity index is 68.1. The summed E-state index contributed by atoms with van der Waals surface area (Å²) in [6.45, 7) is 3.66. The van der Waals surface area contributed by atoms with Crippen LogP contribution in [-0.4, -0.2) is 0 Å². The third kappa shape index (κ3) is 1.36. The SMILES string of the molecule is C=[C]C1CCCCC1. The van der Waals surface area contributed by atoms with Gasteiger partial charge in [0, 0.05) is 0 Å². The summed E-state index contributed by atoms with van der Waals surface area (Å²) in [6.07, 6.45) is 9.95. The van der Waals surface area contributed by atoms with E-state index in [-0.39, 0.29) is 0 Å². The van der Waals surface area contributed by atoms with Gasteiger partial charge in [-0.15, -0.1) is 0 Å². The molecule has 1 aliphatic rings. The summed E-state index contributed by atoms with van der Waals surface area (Å²) in [5, 5.41) is 0. The van der Waals surface area contributed by atoms with Crippen LogP contribution in [0.1, 0.15) is 32.1 Å². The van der Waals surface area contributed by atoms with Gasteiger partial charge in [0.05, 0.1) is 0 Å². The first-order valence-corrected chi connectivity index (χ1v) is 3.46. The van der Waals surface area contributed by atoms with Crippen molar-refractivity contribution < 1.29 is 0 Å². The summed E-state index contributed by atoms with van der Waals surface area (Å²) < 4.78 is 0. The van der Waals surface area contributed by atoms with Gasteiger partial charge in [0.1, 0.15) is 0 Å². The van der Waals surface area contributed by atoms with E-state index in [0.29, 0.717) is 0 Å². The highest BCUT2D eigenvalue weighted by Crippen LogP contribution is 2.23. The Labute approximate surface area is 51.6 Å². The Hall–Kier alpha value is -0.260. The van der Waals surface area contributed by atoms with Crippen molar-refractivity contribution in [3.8, 4) is 0 Å². The number of allylic oxidation sites excluding steroid dienone is 1. The molecule has 0 aliphatic heterocycles. The van der Waals surface area contributed by atoms with Gasteiger partial charge in [-0.2, -0.15) is 0 Å². The van der Waals surface area contributed by atoms with Crippen molar-refractivity contribution in [2.24, 2.45) is 5.92 Å². The fourth-order valence-corrected chi connectivity index (χ4v) is 1.31. The maximum absolute atomic E-state index is 3.66. The van der Waals surface area contributed by atoms with Gasteiger partial charge in [0.25, 0.3) is 0 Å². The molecule has 0 aromatic heterocycles. The molecule has 1 fully saturated rings. The van der Waals surface area contributed by atoms with Crippen LogP contribution in [0.15, 0.2) is 6.58 Å². The molecule has 1 saturated carbocycles. The molecule has 1 aliphatic carbocycles. The van der Waals surface area contributed by atoms with Crippen molar-refractivity contribution in [1.82, 2.24) is 0 Å². The first kappa shape index (κ1) is 5.87. The third-order valence-corrected chi connectivity index (χ3v) is 1.89. The van der Waals surface area contributed by atoms with Crippen LogP contribution < -0.4 is 0 Å². The summed E-state index contributed by atoms with van der Waals surface area (Å²) in [7, 11) is 0. The second kappa shape index (κ2) is 2.91. The van der Waals surface area contributed by atoms with Crippen LogP contribution in [0.4, 0.5) is 0 Å². The second-order valence-electron chi connectivity index (χ2n) is 2.54. The van der Waals surface area contributed by atoms with E-state index in [1.54, 1.807) is 0 Å². The first-order valence-electron chi connectivity index (χ1n) is 3.46. The summed E-state index contributed by atoms with van der Waals surface area (Å²) in [6, 6.07) is 0. The van der Waals surface area contributed by atoms with Gasteiger partial charge in [-0.25, -0.2) is 0 Å². The molecule has 0 nitrogen and oxygen atoms in total. The molecule has 0 aromatic carbocycles. The van der Waals surface area contributed by atoms with E-state index < -0.39 is 0 Å². The van der Waals surface area contributed by atoms with E-state index in [1.807, 2.05) is 0 Å². The van der Waals surface area contributed by atoms with Crippen molar-refractivity contribution in [2.75, 3.05) is 0 Å². The molecule has 0 atom stereocenters. The maximum Gasteiger partial charge on any atom is -0.0165 e. The zero-order valence-corrected chi connectivity index (χ0v) is 5.32. The van der Waals surface area contributed by atoms with Crippen molar-refractivity contribution in [2.45, 2.75) is 32.1 Å². The highest BCUT2D eigenvalue weighted by Gasteiger charge is 2.08. The van der Waals surface area contributed by atoms with E-state index in [0.717, 1.165) is 5.92 Å². The van der Waals surface area contributed by atoms with E-state index >= 15 is 0 Å². The Kier molecular flexibility index (Phi) is 2.13. The summed E-state index contributed by atoms with van der Waals surface area (Å²) in [5.74, 6) is 0.726. The average molecular weight is 109 g/mol. The minimum atomic E-state index is 0.726. The topological polar surface area (TPSA) is 0 Å². The molecule has 0 heterocycles. The van der Waals surface area contributed by atoms with Gasteiger partial charge in [0.2, 0.25) is 0 Å². The van der Waals surface area contributed by atoms with Crippen LogP contribution in [0.2, 0.25) is 0 Å². The lowest BCUT2D eigenvalue weighted by Gasteiger charge is -2.16. The lowest BCUT2D eigenvalue weighted by atomic mass is 9.90. The molecule has 8 heavy (non-hydrogen) atoms. The summed E-state index contributed by atoms with van der Waals surface area (Å²) >= 11 is 0. The quantitative estimate of drug-likeness (QED) is 0.485. The van der Waals surface area contributed by atoms with E-state index in [1.165, 1.54) is 32.1 Å². The molecular weight excluding hydrogens is 96.1 g/mol. The molecule has 0 bridgehead atoms. The molecule has 0 heteroatoms. The molecule has 1 rings (SSSR count). The van der Waals surface area contributed by atoms with Crippen molar-refractivity contribution >= 4 is 0 Å². The van der Waals surface area contributed by atoms with Crippen LogP contribution in [0.25, 0.3) is 0 Å². The van der Waals surface area contributed by atoms with Gasteiger partial charge in [0.15, 0.2) is 0 Å². The van der Waals surface area contributed by atoms with Gasteiger partial charge in [-0.1, -0.05) is 25.8 Å². The fraction of sp³-hybridized carbons (Fsp3) is 0.750. The molecule has 0 amide bonds. The molecule has 0 spiro atoms. The van der Waals surface area contributed by atoms with Crippen molar-refractivity contribution in [3.63, 3.8) is 0 Å². The zero-order valence-electron chi connectivity index (χ0n) is 5.32. The highest BCUT2D eigenvalue weighted by molar-refractivity contribution is 4.73.